The summed E-state index contributed by atoms with van der Waals surface area (Å²) in [6, 6.07) is 12.1. The Morgan fingerprint density at radius 2 is 1.45 bits per heavy atom. The molecule has 2 rings (SSSR count). The van der Waals surface area contributed by atoms with Gasteiger partial charge in [0.15, 0.2) is 10.3 Å². The standard InChI is InChI=1S/C13H13N3O4S.Na/c14-10-3-1-9(2-4-10)13(17)15-11-5-7-12(8-6-11)16-21(18,19)20;/h1-8,16H,14H2,(H,15,17)(H,18,19,20);/q;+1/p-1. The first-order valence-corrected chi connectivity index (χ1v) is 7.25. The van der Waals surface area contributed by atoms with Gasteiger partial charge in [0, 0.05) is 22.6 Å². The van der Waals surface area contributed by atoms with Gasteiger partial charge in [0.25, 0.3) is 5.91 Å². The van der Waals surface area contributed by atoms with Crippen LogP contribution in [0.25, 0.3) is 0 Å². The van der Waals surface area contributed by atoms with Crippen LogP contribution in [0.2, 0.25) is 0 Å². The van der Waals surface area contributed by atoms with Gasteiger partial charge >= 0.3 is 29.6 Å². The molecule has 0 heterocycles. The average Bonchev–Trinajstić information content (AvgIpc) is 2.40. The van der Waals surface area contributed by atoms with E-state index in [2.05, 4.69) is 5.32 Å². The van der Waals surface area contributed by atoms with Crippen LogP contribution in [-0.4, -0.2) is 18.9 Å². The molecule has 0 fully saturated rings. The van der Waals surface area contributed by atoms with Crippen LogP contribution in [0, 0.1) is 0 Å². The van der Waals surface area contributed by atoms with E-state index in [-0.39, 0.29) is 41.2 Å². The Bertz CT molecular complexity index is 746. The summed E-state index contributed by atoms with van der Waals surface area (Å²) in [5.74, 6) is -0.327. The first kappa shape index (κ1) is 18.5. The van der Waals surface area contributed by atoms with Gasteiger partial charge in [0.2, 0.25) is 0 Å². The van der Waals surface area contributed by atoms with E-state index >= 15 is 0 Å². The second-order valence-electron chi connectivity index (χ2n) is 4.21. The number of nitrogens with two attached hydrogens (primary N) is 1. The van der Waals surface area contributed by atoms with Crippen molar-refractivity contribution < 1.29 is 47.3 Å². The maximum absolute atomic E-state index is 11.9. The Kier molecular flexibility index (Phi) is 6.39. The zero-order valence-electron chi connectivity index (χ0n) is 11.7. The van der Waals surface area contributed by atoms with Gasteiger partial charge in [-0.3, -0.25) is 9.52 Å². The molecule has 0 saturated heterocycles. The number of hydrogen-bond donors (Lipinski definition) is 3. The summed E-state index contributed by atoms with van der Waals surface area (Å²) in [5, 5.41) is 2.63. The molecule has 0 aliphatic heterocycles. The van der Waals surface area contributed by atoms with E-state index in [1.165, 1.54) is 24.3 Å². The van der Waals surface area contributed by atoms with Gasteiger partial charge in [0.1, 0.15) is 0 Å². The Morgan fingerprint density at radius 3 is 1.95 bits per heavy atom. The third-order valence-corrected chi connectivity index (χ3v) is 3.04. The largest absolute Gasteiger partial charge is 1.00 e. The summed E-state index contributed by atoms with van der Waals surface area (Å²) in [6.45, 7) is 0. The summed E-state index contributed by atoms with van der Waals surface area (Å²) < 4.78 is 33.4. The number of carbonyl (C=O) groups excluding carboxylic acids is 1. The van der Waals surface area contributed by atoms with Crippen molar-refractivity contribution >= 4 is 33.3 Å². The monoisotopic (exact) mass is 329 g/mol. The van der Waals surface area contributed by atoms with Crippen LogP contribution >= 0.6 is 0 Å². The van der Waals surface area contributed by atoms with Crippen molar-refractivity contribution in [1.29, 1.82) is 0 Å². The maximum atomic E-state index is 11.9. The molecule has 7 nitrogen and oxygen atoms in total. The second-order valence-corrected chi connectivity index (χ2v) is 5.32. The van der Waals surface area contributed by atoms with Crippen LogP contribution in [0.5, 0.6) is 0 Å². The van der Waals surface area contributed by atoms with Crippen molar-refractivity contribution in [3.05, 3.63) is 54.1 Å². The maximum Gasteiger partial charge on any atom is 1.00 e. The third-order valence-electron chi connectivity index (χ3n) is 2.56. The fraction of sp³-hybridized carbons (Fsp3) is 0. The van der Waals surface area contributed by atoms with Gasteiger partial charge < -0.3 is 15.6 Å². The fourth-order valence-corrected chi connectivity index (χ4v) is 2.03. The van der Waals surface area contributed by atoms with Crippen LogP contribution in [0.4, 0.5) is 17.1 Å². The van der Waals surface area contributed by atoms with Crippen LogP contribution < -0.4 is 45.3 Å². The molecular weight excluding hydrogens is 317 g/mol. The third kappa shape index (κ3) is 5.66. The Morgan fingerprint density at radius 1 is 0.955 bits per heavy atom. The van der Waals surface area contributed by atoms with E-state index in [9.17, 15) is 17.8 Å². The van der Waals surface area contributed by atoms with Crippen LogP contribution in [0.1, 0.15) is 10.4 Å². The van der Waals surface area contributed by atoms with E-state index in [1.807, 2.05) is 0 Å². The molecule has 0 aliphatic rings. The predicted molar refractivity (Wildman–Crippen MR) is 78.6 cm³/mol. The van der Waals surface area contributed by atoms with Gasteiger partial charge in [-0.2, -0.15) is 0 Å². The minimum atomic E-state index is -4.56. The molecule has 0 aromatic heterocycles. The van der Waals surface area contributed by atoms with Crippen LogP contribution in [-0.2, 0) is 10.3 Å². The summed E-state index contributed by atoms with van der Waals surface area (Å²) in [7, 11) is -4.56. The first-order valence-electron chi connectivity index (χ1n) is 5.84. The number of nitrogens with one attached hydrogen (secondary N) is 2. The molecule has 22 heavy (non-hydrogen) atoms. The SMILES string of the molecule is Nc1ccc(C(=O)Nc2ccc(NS(=O)(=O)[O-])cc2)cc1.[Na+]. The van der Waals surface area contributed by atoms with Crippen molar-refractivity contribution in [3.8, 4) is 0 Å². The number of amides is 1. The van der Waals surface area contributed by atoms with E-state index < -0.39 is 10.3 Å². The average molecular weight is 329 g/mol. The van der Waals surface area contributed by atoms with Crippen molar-refractivity contribution in [2.45, 2.75) is 0 Å². The molecule has 1 amide bonds. The molecule has 2 aromatic rings. The molecule has 0 radical (unpaired) electrons. The molecular formula is C13H12N3NaO4S. The van der Waals surface area contributed by atoms with Gasteiger partial charge in [-0.15, -0.1) is 0 Å². The number of hydrogen-bond acceptors (Lipinski definition) is 5. The number of carbonyl (C=O) groups is 1. The van der Waals surface area contributed by atoms with Crippen LogP contribution in [0.3, 0.4) is 0 Å². The number of anilines is 3. The summed E-state index contributed by atoms with van der Waals surface area (Å²) in [5.41, 5.74) is 7.11. The quantitative estimate of drug-likeness (QED) is 0.354. The molecule has 2 aromatic carbocycles. The molecule has 0 unspecified atom stereocenters. The van der Waals surface area contributed by atoms with Crippen molar-refractivity contribution in [2.75, 3.05) is 15.8 Å². The topological polar surface area (TPSA) is 124 Å². The molecule has 0 saturated carbocycles. The fourth-order valence-electron chi connectivity index (χ4n) is 1.60. The molecule has 0 atom stereocenters. The second kappa shape index (κ2) is 7.61. The molecule has 110 valence electrons. The Balaban J connectivity index is 0.00000242. The van der Waals surface area contributed by atoms with Crippen molar-refractivity contribution in [3.63, 3.8) is 0 Å². The zero-order chi connectivity index (χ0) is 15.5. The summed E-state index contributed by atoms with van der Waals surface area (Å²) in [6.07, 6.45) is 0. The number of benzene rings is 2. The minimum Gasteiger partial charge on any atom is -0.731 e. The summed E-state index contributed by atoms with van der Waals surface area (Å²) >= 11 is 0. The molecule has 0 bridgehead atoms. The smallest absolute Gasteiger partial charge is 0.731 e. The Hall–Kier alpha value is -1.58. The molecule has 0 spiro atoms. The molecule has 0 aliphatic carbocycles. The van der Waals surface area contributed by atoms with Crippen molar-refractivity contribution in [2.24, 2.45) is 0 Å². The van der Waals surface area contributed by atoms with Crippen LogP contribution in [0.15, 0.2) is 48.5 Å². The van der Waals surface area contributed by atoms with Gasteiger partial charge in [-0.25, -0.2) is 8.42 Å². The molecule has 4 N–H and O–H groups in total. The Labute approximate surface area is 150 Å². The normalized spacial score (nSPS) is 10.4. The number of nitrogen functional groups attached to an aromatic ring is 1. The van der Waals surface area contributed by atoms with E-state index in [1.54, 1.807) is 29.0 Å². The summed E-state index contributed by atoms with van der Waals surface area (Å²) in [4.78, 5) is 11.9. The first-order chi connectivity index (χ1) is 9.83. The zero-order valence-corrected chi connectivity index (χ0v) is 14.6. The van der Waals surface area contributed by atoms with Gasteiger partial charge in [-0.05, 0) is 48.5 Å². The predicted octanol–water partition coefficient (Wildman–Crippen LogP) is -1.60. The van der Waals surface area contributed by atoms with Gasteiger partial charge in [0.05, 0.1) is 0 Å². The van der Waals surface area contributed by atoms with Crippen molar-refractivity contribution in [1.82, 2.24) is 0 Å². The number of rotatable bonds is 4. The minimum absolute atomic E-state index is 0. The van der Waals surface area contributed by atoms with E-state index in [0.717, 1.165) is 0 Å². The van der Waals surface area contributed by atoms with E-state index in [4.69, 9.17) is 5.73 Å². The molecule has 9 heteroatoms. The van der Waals surface area contributed by atoms with E-state index in [0.29, 0.717) is 16.9 Å². The van der Waals surface area contributed by atoms with Gasteiger partial charge in [-0.1, -0.05) is 0 Å².